The van der Waals surface area contributed by atoms with Crippen LogP contribution in [-0.4, -0.2) is 39.2 Å². The number of nitrogens with zero attached hydrogens (tertiary/aromatic N) is 3. The molecule has 3 heterocycles. The molecule has 0 unspecified atom stereocenters. The number of alkyl halides is 3. The van der Waals surface area contributed by atoms with Gasteiger partial charge >= 0.3 is 6.18 Å². The van der Waals surface area contributed by atoms with E-state index in [-0.39, 0.29) is 28.2 Å². The van der Waals surface area contributed by atoms with Crippen molar-refractivity contribution in [1.82, 2.24) is 14.5 Å². The lowest BCUT2D eigenvalue weighted by atomic mass is 10.1. The molecule has 0 saturated carbocycles. The molecule has 0 atom stereocenters. The number of nitrogens with one attached hydrogen (secondary N) is 1. The van der Waals surface area contributed by atoms with Crippen LogP contribution in [0.15, 0.2) is 82.6 Å². The predicted molar refractivity (Wildman–Crippen MR) is 139 cm³/mol. The van der Waals surface area contributed by atoms with E-state index in [0.29, 0.717) is 24.5 Å². The third-order valence-corrected chi connectivity index (χ3v) is 7.01. The van der Waals surface area contributed by atoms with Crippen LogP contribution in [0.5, 0.6) is 0 Å². The molecule has 0 radical (unpaired) electrons. The first kappa shape index (κ1) is 24.9. The first-order valence-electron chi connectivity index (χ1n) is 11.8. The van der Waals surface area contributed by atoms with Crippen LogP contribution in [0.25, 0.3) is 16.7 Å². The van der Waals surface area contributed by atoms with Gasteiger partial charge in [0.2, 0.25) is 5.91 Å². The molecule has 4 aromatic rings. The number of rotatable bonds is 6. The molecule has 6 nitrogen and oxygen atoms in total. The Bertz CT molecular complexity index is 1490. The largest absolute Gasteiger partial charge is 0.417 e. The Balaban J connectivity index is 1.69. The fourth-order valence-electron chi connectivity index (χ4n) is 4.38. The summed E-state index contributed by atoms with van der Waals surface area (Å²) < 4.78 is 44.2. The zero-order valence-electron chi connectivity index (χ0n) is 19.7. The molecule has 1 N–H and O–H groups in total. The van der Waals surface area contributed by atoms with E-state index in [0.717, 1.165) is 36.7 Å². The van der Waals surface area contributed by atoms with Gasteiger partial charge in [-0.25, -0.2) is 4.98 Å². The number of thioether (sulfide) groups is 1. The number of fused-ring (bicyclic) bond motifs is 1. The van der Waals surface area contributed by atoms with Gasteiger partial charge in [-0.2, -0.15) is 13.2 Å². The van der Waals surface area contributed by atoms with Gasteiger partial charge in [0.05, 0.1) is 21.7 Å². The minimum Gasteiger partial charge on any atom is -0.342 e. The fraction of sp³-hybridized carbons (Fsp3) is 0.222. The molecule has 5 rings (SSSR count). The van der Waals surface area contributed by atoms with Gasteiger partial charge < -0.3 is 10.2 Å². The van der Waals surface area contributed by atoms with Crippen LogP contribution in [0, 0.1) is 0 Å². The van der Waals surface area contributed by atoms with Crippen LogP contribution in [0.3, 0.4) is 0 Å². The van der Waals surface area contributed by atoms with Gasteiger partial charge in [-0.3, -0.25) is 14.2 Å². The summed E-state index contributed by atoms with van der Waals surface area (Å²) in [6.45, 7) is 1.31. The van der Waals surface area contributed by atoms with Gasteiger partial charge in [-0.05, 0) is 43.2 Å². The number of carbonyl (C=O) groups is 1. The molecule has 190 valence electrons. The average Bonchev–Trinajstić information content (AvgIpc) is 3.43. The molecule has 1 aliphatic rings. The van der Waals surface area contributed by atoms with Gasteiger partial charge in [0.25, 0.3) is 0 Å². The van der Waals surface area contributed by atoms with E-state index in [4.69, 9.17) is 0 Å². The van der Waals surface area contributed by atoms with Gasteiger partial charge in [-0.1, -0.05) is 48.2 Å². The topological polar surface area (TPSA) is 67.2 Å². The number of pyridine rings is 2. The van der Waals surface area contributed by atoms with Crippen LogP contribution in [0.2, 0.25) is 0 Å². The zero-order chi connectivity index (χ0) is 26.0. The van der Waals surface area contributed by atoms with Gasteiger partial charge in [0.15, 0.2) is 11.1 Å². The highest BCUT2D eigenvalue weighted by molar-refractivity contribution is 7.99. The van der Waals surface area contributed by atoms with E-state index in [2.05, 4.69) is 10.3 Å². The lowest BCUT2D eigenvalue weighted by Crippen LogP contribution is -2.29. The van der Waals surface area contributed by atoms with Crippen molar-refractivity contribution in [3.63, 3.8) is 0 Å². The first-order chi connectivity index (χ1) is 17.8. The summed E-state index contributed by atoms with van der Waals surface area (Å²) in [5.41, 5.74) is -0.826. The second-order valence-electron chi connectivity index (χ2n) is 8.64. The van der Waals surface area contributed by atoms with Crippen molar-refractivity contribution in [2.45, 2.75) is 24.0 Å². The number of anilines is 2. The Hall–Kier alpha value is -3.79. The number of carbonyl (C=O) groups excluding carboxylic acids is 1. The summed E-state index contributed by atoms with van der Waals surface area (Å²) in [5.74, 6) is 0.0940. The van der Waals surface area contributed by atoms with E-state index in [9.17, 15) is 22.8 Å². The molecule has 1 amide bonds. The summed E-state index contributed by atoms with van der Waals surface area (Å²) in [7, 11) is 0. The van der Waals surface area contributed by atoms with Crippen LogP contribution in [0.4, 0.5) is 24.7 Å². The second-order valence-corrected chi connectivity index (χ2v) is 9.63. The van der Waals surface area contributed by atoms with Crippen molar-refractivity contribution >= 4 is 40.2 Å². The van der Waals surface area contributed by atoms with Crippen molar-refractivity contribution < 1.29 is 18.0 Å². The molecular formula is C27H23F3N4O2S. The standard InChI is InChI=1S/C27H23F3N4O2S/c28-27(29,30)20-15-23(37-17-24(36)33-13-7-8-14-33)32-26-25(20)21(35)16-22(31-18-9-3-1-4-10-18)34(26)19-11-5-2-6-12-19/h1-6,9-12,15-16,31H,7-8,13-14,17H2. The number of halogens is 3. The summed E-state index contributed by atoms with van der Waals surface area (Å²) >= 11 is 0.942. The molecule has 1 saturated heterocycles. The van der Waals surface area contributed by atoms with E-state index in [1.54, 1.807) is 59.5 Å². The first-order valence-corrected chi connectivity index (χ1v) is 12.8. The maximum absolute atomic E-state index is 14.2. The van der Waals surface area contributed by atoms with Gasteiger partial charge in [0, 0.05) is 30.5 Å². The Morgan fingerprint density at radius 2 is 1.62 bits per heavy atom. The number of para-hydroxylation sites is 2. The van der Waals surface area contributed by atoms with Gasteiger partial charge in [0.1, 0.15) is 5.82 Å². The van der Waals surface area contributed by atoms with E-state index >= 15 is 0 Å². The second kappa shape index (κ2) is 10.3. The predicted octanol–water partition coefficient (Wildman–Crippen LogP) is 5.86. The molecule has 2 aromatic carbocycles. The smallest absolute Gasteiger partial charge is 0.342 e. The molecule has 0 bridgehead atoms. The van der Waals surface area contributed by atoms with Crippen molar-refractivity contribution in [2.75, 3.05) is 24.2 Å². The van der Waals surface area contributed by atoms with E-state index < -0.39 is 22.6 Å². The maximum Gasteiger partial charge on any atom is 0.417 e. The van der Waals surface area contributed by atoms with Crippen LogP contribution >= 0.6 is 11.8 Å². The summed E-state index contributed by atoms with van der Waals surface area (Å²) in [4.78, 5) is 31.9. The number of benzene rings is 2. The number of amides is 1. The van der Waals surface area contributed by atoms with E-state index in [1.165, 1.54) is 4.57 Å². The van der Waals surface area contributed by atoms with Crippen molar-refractivity contribution in [3.8, 4) is 5.69 Å². The van der Waals surface area contributed by atoms with Crippen LogP contribution < -0.4 is 10.7 Å². The number of likely N-dealkylation sites (tertiary alicyclic amines) is 1. The van der Waals surface area contributed by atoms with Crippen molar-refractivity contribution in [2.24, 2.45) is 0 Å². The minimum atomic E-state index is -4.79. The third kappa shape index (κ3) is 5.34. The molecule has 1 fully saturated rings. The maximum atomic E-state index is 14.2. The highest BCUT2D eigenvalue weighted by Crippen LogP contribution is 2.37. The van der Waals surface area contributed by atoms with Gasteiger partial charge in [-0.15, -0.1) is 0 Å². The zero-order valence-corrected chi connectivity index (χ0v) is 20.5. The Morgan fingerprint density at radius 3 is 2.27 bits per heavy atom. The Kier molecular flexibility index (Phi) is 6.92. The van der Waals surface area contributed by atoms with Crippen molar-refractivity contribution in [3.05, 3.63) is 88.6 Å². The quantitative estimate of drug-likeness (QED) is 0.320. The molecule has 1 aliphatic heterocycles. The summed E-state index contributed by atoms with van der Waals surface area (Å²) in [6, 6.07) is 19.8. The summed E-state index contributed by atoms with van der Waals surface area (Å²) in [5, 5.41) is 2.64. The highest BCUT2D eigenvalue weighted by Gasteiger charge is 2.36. The minimum absolute atomic E-state index is 0.0216. The summed E-state index contributed by atoms with van der Waals surface area (Å²) in [6.07, 6.45) is -2.95. The lowest BCUT2D eigenvalue weighted by Gasteiger charge is -2.20. The Labute approximate surface area is 215 Å². The normalized spacial score (nSPS) is 13.8. The molecular weight excluding hydrogens is 501 g/mol. The van der Waals surface area contributed by atoms with Crippen LogP contribution in [-0.2, 0) is 11.0 Å². The molecule has 0 spiro atoms. The van der Waals surface area contributed by atoms with E-state index in [1.807, 2.05) is 6.07 Å². The highest BCUT2D eigenvalue weighted by atomic mass is 32.2. The number of hydrogen-bond acceptors (Lipinski definition) is 5. The molecule has 2 aromatic heterocycles. The molecule has 0 aliphatic carbocycles. The monoisotopic (exact) mass is 524 g/mol. The average molecular weight is 525 g/mol. The van der Waals surface area contributed by atoms with Crippen molar-refractivity contribution in [1.29, 1.82) is 0 Å². The third-order valence-electron chi connectivity index (χ3n) is 6.11. The molecule has 10 heteroatoms. The lowest BCUT2D eigenvalue weighted by molar-refractivity contribution is -0.136. The van der Waals surface area contributed by atoms with Crippen LogP contribution in [0.1, 0.15) is 18.4 Å². The Morgan fingerprint density at radius 1 is 0.973 bits per heavy atom. The number of hydrogen-bond donors (Lipinski definition) is 1. The fourth-order valence-corrected chi connectivity index (χ4v) is 5.19. The molecule has 37 heavy (non-hydrogen) atoms. The number of aromatic nitrogens is 2. The SMILES string of the molecule is O=C(CSc1cc(C(F)(F)F)c2c(=O)cc(Nc3ccccc3)n(-c3ccccc3)c2n1)N1CCCC1.